The maximum Gasteiger partial charge on any atom is 0.269 e. The van der Waals surface area contributed by atoms with E-state index in [1.807, 2.05) is 55.4 Å². The summed E-state index contributed by atoms with van der Waals surface area (Å²) in [7, 11) is 0. The van der Waals surface area contributed by atoms with Crippen LogP contribution in [0.1, 0.15) is 68.2 Å². The first-order valence-corrected chi connectivity index (χ1v) is 15.5. The molecule has 2 N–H and O–H groups in total. The van der Waals surface area contributed by atoms with E-state index in [0.29, 0.717) is 19.4 Å². The summed E-state index contributed by atoms with van der Waals surface area (Å²) in [4.78, 5) is 51.0. The second-order valence-corrected chi connectivity index (χ2v) is 15.8. The van der Waals surface area contributed by atoms with Gasteiger partial charge in [0, 0.05) is 23.2 Å². The fraction of sp³-hybridized carbons (Fsp3) is 0.680. The Kier molecular flexibility index (Phi) is 9.03. The average Bonchev–Trinajstić information content (AvgIpc) is 3.28. The number of imide groups is 2. The largest absolute Gasteiger partial charge is 0.313 e. The van der Waals surface area contributed by atoms with E-state index in [-0.39, 0.29) is 59.1 Å². The fourth-order valence-electron chi connectivity index (χ4n) is 6.00. The third-order valence-corrected chi connectivity index (χ3v) is 12.3. The molecule has 2 saturated heterocycles. The highest BCUT2D eigenvalue weighted by Crippen LogP contribution is 2.46. The highest BCUT2D eigenvalue weighted by molar-refractivity contribution is 9.15. The van der Waals surface area contributed by atoms with Crippen molar-refractivity contribution < 1.29 is 29.6 Å². The highest BCUT2D eigenvalue weighted by Gasteiger charge is 2.57. The summed E-state index contributed by atoms with van der Waals surface area (Å²) >= 11 is 12.5. The van der Waals surface area contributed by atoms with Crippen LogP contribution in [-0.4, -0.2) is 88.7 Å². The Labute approximate surface area is 262 Å². The number of hydroxylamine groups is 4. The van der Waals surface area contributed by atoms with Crippen LogP contribution < -0.4 is 0 Å². The predicted molar refractivity (Wildman–Crippen MR) is 158 cm³/mol. The van der Waals surface area contributed by atoms with Gasteiger partial charge in [-0.3, -0.25) is 29.0 Å². The normalized spacial score (nSPS) is 30.2. The second-order valence-electron chi connectivity index (χ2n) is 12.6. The maximum absolute atomic E-state index is 12.2. The van der Waals surface area contributed by atoms with Gasteiger partial charge in [-0.2, -0.15) is 10.1 Å². The lowest BCUT2D eigenvalue weighted by molar-refractivity contribution is -0.198. The summed E-state index contributed by atoms with van der Waals surface area (Å²) in [6.45, 7) is 15.5. The van der Waals surface area contributed by atoms with Gasteiger partial charge in [0.2, 0.25) is 0 Å². The van der Waals surface area contributed by atoms with Gasteiger partial charge in [-0.05, 0) is 138 Å². The van der Waals surface area contributed by atoms with Crippen LogP contribution in [0.15, 0.2) is 17.9 Å². The molecule has 2 unspecified atom stereocenters. The van der Waals surface area contributed by atoms with Gasteiger partial charge in [0.1, 0.15) is 17.9 Å². The number of hydrogen-bond acceptors (Lipinski definition) is 8. The first-order chi connectivity index (χ1) is 17.5. The van der Waals surface area contributed by atoms with E-state index in [0.717, 1.165) is 0 Å². The summed E-state index contributed by atoms with van der Waals surface area (Å²) in [6.07, 6.45) is 1.23. The molecular weight excluding hydrogens is 772 g/mol. The number of halogens is 4. The van der Waals surface area contributed by atoms with Crippen LogP contribution in [-0.2, 0) is 19.2 Å². The van der Waals surface area contributed by atoms with E-state index in [1.54, 1.807) is 0 Å². The smallest absolute Gasteiger partial charge is 0.269 e. The van der Waals surface area contributed by atoms with Crippen molar-refractivity contribution in [3.63, 3.8) is 0 Å². The van der Waals surface area contributed by atoms with Crippen LogP contribution in [0.25, 0.3) is 0 Å². The Morgan fingerprint density at radius 2 is 1.00 bits per heavy atom. The number of hydrogen-bond donors (Lipinski definition) is 2. The fourth-order valence-corrected chi connectivity index (χ4v) is 7.48. The third-order valence-electron chi connectivity index (χ3n) is 8.27. The van der Waals surface area contributed by atoms with Gasteiger partial charge in [0.15, 0.2) is 0 Å². The molecule has 0 spiro atoms. The van der Waals surface area contributed by atoms with Crippen LogP contribution in [0, 0.1) is 5.92 Å². The zero-order valence-corrected chi connectivity index (χ0v) is 29.4. The first kappa shape index (κ1) is 33.0. The molecule has 4 aliphatic heterocycles. The molecule has 0 radical (unpaired) electrons. The van der Waals surface area contributed by atoms with Crippen LogP contribution >= 0.6 is 63.7 Å². The summed E-state index contributed by atoms with van der Waals surface area (Å²) in [5, 5.41) is 23.1. The summed E-state index contributed by atoms with van der Waals surface area (Å²) in [5.41, 5.74) is -2.05. The van der Waals surface area contributed by atoms with E-state index in [9.17, 15) is 29.6 Å². The molecule has 218 valence electrons. The van der Waals surface area contributed by atoms with Crippen molar-refractivity contribution in [2.24, 2.45) is 5.92 Å². The minimum absolute atomic E-state index is 0.00843. The molecule has 0 bridgehead atoms. The van der Waals surface area contributed by atoms with Crippen LogP contribution in [0.2, 0.25) is 0 Å². The molecule has 0 aromatic rings. The lowest BCUT2D eigenvalue weighted by atomic mass is 9.86. The second kappa shape index (κ2) is 10.7. The van der Waals surface area contributed by atoms with Gasteiger partial charge in [-0.15, -0.1) is 0 Å². The minimum Gasteiger partial charge on any atom is -0.313 e. The molecule has 14 heteroatoms. The van der Waals surface area contributed by atoms with E-state index in [2.05, 4.69) is 63.7 Å². The van der Waals surface area contributed by atoms with Crippen molar-refractivity contribution in [3.8, 4) is 0 Å². The summed E-state index contributed by atoms with van der Waals surface area (Å²) < 4.78 is 1.00. The zero-order valence-electron chi connectivity index (χ0n) is 23.1. The van der Waals surface area contributed by atoms with Gasteiger partial charge in [-0.1, -0.05) is 0 Å². The Hall–Kier alpha value is -0.480. The SMILES string of the molecule is CC1(C)CC(CN2C(=O)C(Br)=C(Br)C2=O)C(C)(C)N1O.CC1(C)CC(N2C(=O)C(Br)=C(Br)C2=O)C(C)(C)N1O. The summed E-state index contributed by atoms with van der Waals surface area (Å²) in [5.74, 6) is -1.37. The van der Waals surface area contributed by atoms with Gasteiger partial charge < -0.3 is 10.4 Å². The van der Waals surface area contributed by atoms with E-state index >= 15 is 0 Å². The van der Waals surface area contributed by atoms with Crippen molar-refractivity contribution in [1.29, 1.82) is 0 Å². The first-order valence-electron chi connectivity index (χ1n) is 12.3. The highest BCUT2D eigenvalue weighted by atomic mass is 79.9. The Morgan fingerprint density at radius 1 is 0.641 bits per heavy atom. The Morgan fingerprint density at radius 3 is 1.33 bits per heavy atom. The molecule has 0 saturated carbocycles. The molecular formula is C25H34Br4N4O6. The van der Waals surface area contributed by atoms with Crippen molar-refractivity contribution in [2.45, 2.75) is 96.4 Å². The molecule has 0 aromatic carbocycles. The number of carbonyl (C=O) groups excluding carboxylic acids is 4. The number of amides is 4. The van der Waals surface area contributed by atoms with Crippen molar-refractivity contribution >= 4 is 87.3 Å². The van der Waals surface area contributed by atoms with Crippen LogP contribution in [0.4, 0.5) is 0 Å². The third kappa shape index (κ3) is 5.41. The molecule has 4 amide bonds. The lowest BCUT2D eigenvalue weighted by Gasteiger charge is -2.37. The van der Waals surface area contributed by atoms with Gasteiger partial charge in [-0.25, -0.2) is 0 Å². The minimum atomic E-state index is -0.695. The molecule has 0 aromatic heterocycles. The van der Waals surface area contributed by atoms with Crippen LogP contribution in [0.3, 0.4) is 0 Å². The molecule has 4 heterocycles. The molecule has 4 rings (SSSR count). The Balaban J connectivity index is 0.000000216. The molecule has 4 aliphatic rings. The van der Waals surface area contributed by atoms with Crippen LogP contribution in [0.5, 0.6) is 0 Å². The monoisotopic (exact) mass is 802 g/mol. The van der Waals surface area contributed by atoms with Crippen molar-refractivity contribution in [2.75, 3.05) is 6.54 Å². The molecule has 2 atom stereocenters. The molecule has 10 nitrogen and oxygen atoms in total. The maximum atomic E-state index is 12.2. The van der Waals surface area contributed by atoms with E-state index < -0.39 is 16.6 Å². The summed E-state index contributed by atoms with van der Waals surface area (Å²) in [6, 6.07) is -0.380. The standard InChI is InChI=1S/C13H18Br2N2O3.C12H16Br2N2O3/c1-12(2)5-7(13(3,4)17(12)20)6-16-10(18)8(14)9(15)11(16)19;1-11(2)5-6(12(3,4)16(11)19)15-9(17)7(13)8(14)10(15)18/h7,20H,5-6H2,1-4H3;6,19H,5H2,1-4H3. The van der Waals surface area contributed by atoms with Crippen molar-refractivity contribution in [3.05, 3.63) is 17.9 Å². The number of carbonyl (C=O) groups is 4. The van der Waals surface area contributed by atoms with Gasteiger partial charge in [0.05, 0.1) is 11.6 Å². The topological polar surface area (TPSA) is 122 Å². The predicted octanol–water partition coefficient (Wildman–Crippen LogP) is 5.00. The van der Waals surface area contributed by atoms with E-state index in [4.69, 9.17) is 0 Å². The molecule has 2 fully saturated rings. The molecule has 39 heavy (non-hydrogen) atoms. The Bertz CT molecular complexity index is 1150. The van der Waals surface area contributed by atoms with Gasteiger partial charge in [0.25, 0.3) is 23.6 Å². The molecule has 0 aliphatic carbocycles. The quantitative estimate of drug-likeness (QED) is 0.383. The van der Waals surface area contributed by atoms with Crippen molar-refractivity contribution in [1.82, 2.24) is 19.9 Å². The number of nitrogens with zero attached hydrogens (tertiary/aromatic N) is 4. The zero-order chi connectivity index (χ0) is 30.2. The number of rotatable bonds is 3. The van der Waals surface area contributed by atoms with Gasteiger partial charge >= 0.3 is 0 Å². The average molecular weight is 806 g/mol. The van der Waals surface area contributed by atoms with E-state index in [1.165, 1.54) is 19.9 Å². The lowest BCUT2D eigenvalue weighted by Crippen LogP contribution is -2.55.